The van der Waals surface area contributed by atoms with Gasteiger partial charge in [-0.15, -0.1) is 0 Å². The van der Waals surface area contributed by atoms with Crippen LogP contribution in [0.1, 0.15) is 18.3 Å². The molecule has 0 aliphatic rings. The second-order valence-corrected chi connectivity index (χ2v) is 6.06. The summed E-state index contributed by atoms with van der Waals surface area (Å²) in [5, 5.41) is 0. The van der Waals surface area contributed by atoms with Gasteiger partial charge in [-0.05, 0) is 35.9 Å². The monoisotopic (exact) mass is 364 g/mol. The average Bonchev–Trinajstić information content (AvgIpc) is 2.95. The third-order valence-corrected chi connectivity index (χ3v) is 4.12. The zero-order valence-electron chi connectivity index (χ0n) is 15.4. The SMILES string of the molecule is COc1ccc(/C=C/C(=O)Cc2nc3ccccc3n2C)cc1OC(C)=O. The van der Waals surface area contributed by atoms with E-state index in [2.05, 4.69) is 4.98 Å². The fourth-order valence-electron chi connectivity index (χ4n) is 2.79. The molecule has 0 aliphatic carbocycles. The summed E-state index contributed by atoms with van der Waals surface area (Å²) in [7, 11) is 3.40. The van der Waals surface area contributed by atoms with Crippen molar-refractivity contribution >= 4 is 28.9 Å². The molecule has 0 amide bonds. The lowest BCUT2D eigenvalue weighted by Crippen LogP contribution is -2.05. The van der Waals surface area contributed by atoms with Gasteiger partial charge in [0.05, 0.1) is 24.6 Å². The number of ketones is 1. The van der Waals surface area contributed by atoms with Crippen LogP contribution in [0.3, 0.4) is 0 Å². The zero-order chi connectivity index (χ0) is 19.4. The Bertz CT molecular complexity index is 1030. The maximum atomic E-state index is 12.4. The molecule has 3 rings (SSSR count). The minimum atomic E-state index is -0.438. The highest BCUT2D eigenvalue weighted by atomic mass is 16.6. The standard InChI is InChI=1S/C21H20N2O4/c1-14(24)27-20-12-15(9-11-19(20)26-3)8-10-16(25)13-21-22-17-6-4-5-7-18(17)23(21)2/h4-12H,13H2,1-3H3/b10-8+. The quantitative estimate of drug-likeness (QED) is 0.381. The molecule has 0 atom stereocenters. The van der Waals surface area contributed by atoms with Gasteiger partial charge in [-0.2, -0.15) is 0 Å². The molecule has 0 saturated carbocycles. The molecular formula is C21H20N2O4. The van der Waals surface area contributed by atoms with Gasteiger partial charge in [0.2, 0.25) is 0 Å². The number of para-hydroxylation sites is 2. The Morgan fingerprint density at radius 2 is 1.93 bits per heavy atom. The number of methoxy groups -OCH3 is 1. The van der Waals surface area contributed by atoms with Gasteiger partial charge in [-0.25, -0.2) is 4.98 Å². The smallest absolute Gasteiger partial charge is 0.308 e. The second kappa shape index (κ2) is 7.86. The first-order valence-corrected chi connectivity index (χ1v) is 8.45. The van der Waals surface area contributed by atoms with Crippen molar-refractivity contribution in [2.45, 2.75) is 13.3 Å². The van der Waals surface area contributed by atoms with E-state index in [1.165, 1.54) is 20.1 Å². The summed E-state index contributed by atoms with van der Waals surface area (Å²) in [4.78, 5) is 28.1. The number of benzene rings is 2. The van der Waals surface area contributed by atoms with Gasteiger partial charge >= 0.3 is 5.97 Å². The minimum Gasteiger partial charge on any atom is -0.493 e. The molecule has 138 valence electrons. The highest BCUT2D eigenvalue weighted by molar-refractivity contribution is 5.95. The zero-order valence-corrected chi connectivity index (χ0v) is 15.4. The summed E-state index contributed by atoms with van der Waals surface area (Å²) >= 11 is 0. The highest BCUT2D eigenvalue weighted by Gasteiger charge is 2.11. The summed E-state index contributed by atoms with van der Waals surface area (Å²) in [6.07, 6.45) is 3.38. The number of ether oxygens (including phenoxy) is 2. The number of aryl methyl sites for hydroxylation is 1. The Morgan fingerprint density at radius 3 is 2.63 bits per heavy atom. The normalized spacial score (nSPS) is 11.1. The molecule has 0 bridgehead atoms. The summed E-state index contributed by atoms with van der Waals surface area (Å²) in [5.41, 5.74) is 2.59. The van der Waals surface area contributed by atoms with Crippen molar-refractivity contribution in [2.24, 2.45) is 7.05 Å². The summed E-state index contributed by atoms with van der Waals surface area (Å²) in [6.45, 7) is 1.32. The molecule has 0 spiro atoms. The van der Waals surface area contributed by atoms with Crippen molar-refractivity contribution in [3.05, 3.63) is 59.9 Å². The van der Waals surface area contributed by atoms with E-state index in [-0.39, 0.29) is 12.2 Å². The van der Waals surface area contributed by atoms with Crippen LogP contribution in [0.4, 0.5) is 0 Å². The molecule has 1 aromatic heterocycles. The van der Waals surface area contributed by atoms with Gasteiger partial charge < -0.3 is 14.0 Å². The van der Waals surface area contributed by atoms with Crippen LogP contribution in [0, 0.1) is 0 Å². The molecule has 6 heteroatoms. The number of imidazole rings is 1. The van der Waals surface area contributed by atoms with E-state index < -0.39 is 5.97 Å². The van der Waals surface area contributed by atoms with Crippen molar-refractivity contribution in [2.75, 3.05) is 7.11 Å². The van der Waals surface area contributed by atoms with E-state index in [0.717, 1.165) is 16.6 Å². The van der Waals surface area contributed by atoms with Crippen LogP contribution in [0.15, 0.2) is 48.5 Å². The number of esters is 1. The van der Waals surface area contributed by atoms with Crippen LogP contribution in [-0.4, -0.2) is 28.4 Å². The fraction of sp³-hybridized carbons (Fsp3) is 0.190. The molecule has 1 heterocycles. The van der Waals surface area contributed by atoms with Crippen LogP contribution in [-0.2, 0) is 23.1 Å². The molecule has 27 heavy (non-hydrogen) atoms. The first-order chi connectivity index (χ1) is 13.0. The van der Waals surface area contributed by atoms with Crippen molar-refractivity contribution in [3.8, 4) is 11.5 Å². The first-order valence-electron chi connectivity index (χ1n) is 8.45. The lowest BCUT2D eigenvalue weighted by Gasteiger charge is -2.08. The van der Waals surface area contributed by atoms with Crippen molar-refractivity contribution < 1.29 is 19.1 Å². The lowest BCUT2D eigenvalue weighted by molar-refractivity contribution is -0.132. The molecule has 0 fully saturated rings. The highest BCUT2D eigenvalue weighted by Crippen LogP contribution is 2.28. The number of nitrogens with zero attached hydrogens (tertiary/aromatic N) is 2. The third-order valence-electron chi connectivity index (χ3n) is 4.12. The van der Waals surface area contributed by atoms with Gasteiger partial charge in [0.15, 0.2) is 17.3 Å². The topological polar surface area (TPSA) is 70.4 Å². The van der Waals surface area contributed by atoms with Gasteiger partial charge in [0.1, 0.15) is 5.82 Å². The Hall–Kier alpha value is -3.41. The maximum Gasteiger partial charge on any atom is 0.308 e. The van der Waals surface area contributed by atoms with E-state index in [1.807, 2.05) is 35.9 Å². The van der Waals surface area contributed by atoms with Gasteiger partial charge in [0.25, 0.3) is 0 Å². The van der Waals surface area contributed by atoms with Crippen LogP contribution in [0.25, 0.3) is 17.1 Å². The maximum absolute atomic E-state index is 12.4. The number of hydrogen-bond donors (Lipinski definition) is 0. The Balaban J connectivity index is 1.76. The Labute approximate surface area is 157 Å². The molecule has 0 aliphatic heterocycles. The molecule has 0 radical (unpaired) electrons. The molecule has 2 aromatic carbocycles. The molecule has 0 saturated heterocycles. The number of carbonyl (C=O) groups is 2. The first kappa shape index (κ1) is 18.4. The molecule has 6 nitrogen and oxygen atoms in total. The third kappa shape index (κ3) is 4.23. The van der Waals surface area contributed by atoms with Crippen LogP contribution in [0.5, 0.6) is 11.5 Å². The number of aromatic nitrogens is 2. The molecule has 0 N–H and O–H groups in total. The number of fused-ring (bicyclic) bond motifs is 1. The van der Waals surface area contributed by atoms with Gasteiger partial charge in [0, 0.05) is 14.0 Å². The molecule has 3 aromatic rings. The van der Waals surface area contributed by atoms with Crippen LogP contribution in [0.2, 0.25) is 0 Å². The van der Waals surface area contributed by atoms with Gasteiger partial charge in [-0.1, -0.05) is 24.3 Å². The van der Waals surface area contributed by atoms with E-state index >= 15 is 0 Å². The van der Waals surface area contributed by atoms with Crippen molar-refractivity contribution in [3.63, 3.8) is 0 Å². The predicted octanol–water partition coefficient (Wildman–Crippen LogP) is 3.33. The summed E-state index contributed by atoms with van der Waals surface area (Å²) in [6, 6.07) is 12.9. The van der Waals surface area contributed by atoms with Gasteiger partial charge in [-0.3, -0.25) is 9.59 Å². The lowest BCUT2D eigenvalue weighted by atomic mass is 10.1. The van der Waals surface area contributed by atoms with E-state index in [1.54, 1.807) is 24.3 Å². The van der Waals surface area contributed by atoms with Crippen LogP contribution < -0.4 is 9.47 Å². The minimum absolute atomic E-state index is 0.0711. The number of hydrogen-bond acceptors (Lipinski definition) is 5. The summed E-state index contributed by atoms with van der Waals surface area (Å²) in [5.74, 6) is 0.968. The van der Waals surface area contributed by atoms with E-state index in [4.69, 9.17) is 9.47 Å². The van der Waals surface area contributed by atoms with E-state index in [9.17, 15) is 9.59 Å². The fourth-order valence-corrected chi connectivity index (χ4v) is 2.79. The average molecular weight is 364 g/mol. The van der Waals surface area contributed by atoms with Crippen molar-refractivity contribution in [1.82, 2.24) is 9.55 Å². The Morgan fingerprint density at radius 1 is 1.15 bits per heavy atom. The largest absolute Gasteiger partial charge is 0.493 e. The Kier molecular flexibility index (Phi) is 5.35. The number of rotatable bonds is 6. The second-order valence-electron chi connectivity index (χ2n) is 6.06. The number of carbonyl (C=O) groups excluding carboxylic acids is 2. The summed E-state index contributed by atoms with van der Waals surface area (Å²) < 4.78 is 12.2. The van der Waals surface area contributed by atoms with Crippen molar-refractivity contribution in [1.29, 1.82) is 0 Å². The molecule has 0 unspecified atom stereocenters. The molecular weight excluding hydrogens is 344 g/mol. The van der Waals surface area contributed by atoms with E-state index in [0.29, 0.717) is 17.3 Å². The number of allylic oxidation sites excluding steroid dienone is 1. The predicted molar refractivity (Wildman–Crippen MR) is 103 cm³/mol. The van der Waals surface area contributed by atoms with Crippen LogP contribution >= 0.6 is 0 Å².